The second-order valence-corrected chi connectivity index (χ2v) is 4.47. The fourth-order valence-electron chi connectivity index (χ4n) is 1.63. The summed E-state index contributed by atoms with van der Waals surface area (Å²) in [6, 6.07) is 7.98. The highest BCUT2D eigenvalue weighted by atomic mass is 16.4. The van der Waals surface area contributed by atoms with Crippen molar-refractivity contribution in [2.45, 2.75) is 26.7 Å². The number of hydrogen-bond donors (Lipinski definition) is 1. The fourth-order valence-corrected chi connectivity index (χ4v) is 1.63. The summed E-state index contributed by atoms with van der Waals surface area (Å²) in [7, 11) is 0. The average molecular weight is 218 g/mol. The van der Waals surface area contributed by atoms with Gasteiger partial charge in [0.25, 0.3) is 0 Å². The molecule has 0 heterocycles. The molecule has 1 N–H and O–H groups in total. The molecule has 0 spiro atoms. The lowest BCUT2D eigenvalue weighted by molar-refractivity contribution is -0.135. The number of aliphatic carboxylic acids is 1. The SMILES string of the molecule is C=C(CC(=O)O)c1ccc(CC(C)C)cc1. The second kappa shape index (κ2) is 5.50. The number of benzene rings is 1. The first-order valence-corrected chi connectivity index (χ1v) is 5.48. The average Bonchev–Trinajstić information content (AvgIpc) is 2.16. The molecule has 2 nitrogen and oxygen atoms in total. The van der Waals surface area contributed by atoms with Crippen LogP contribution in [-0.4, -0.2) is 11.1 Å². The molecule has 1 aromatic rings. The summed E-state index contributed by atoms with van der Waals surface area (Å²) < 4.78 is 0. The molecule has 0 aliphatic heterocycles. The summed E-state index contributed by atoms with van der Waals surface area (Å²) >= 11 is 0. The first-order valence-electron chi connectivity index (χ1n) is 5.48. The van der Waals surface area contributed by atoms with Crippen molar-refractivity contribution >= 4 is 11.5 Å². The highest BCUT2D eigenvalue weighted by molar-refractivity contribution is 5.82. The zero-order valence-corrected chi connectivity index (χ0v) is 9.86. The van der Waals surface area contributed by atoms with Crippen LogP contribution in [0.1, 0.15) is 31.4 Å². The molecule has 1 rings (SSSR count). The Morgan fingerprint density at radius 3 is 2.31 bits per heavy atom. The van der Waals surface area contributed by atoms with Crippen LogP contribution in [0.3, 0.4) is 0 Å². The second-order valence-electron chi connectivity index (χ2n) is 4.47. The van der Waals surface area contributed by atoms with Crippen LogP contribution in [0.15, 0.2) is 30.8 Å². The minimum Gasteiger partial charge on any atom is -0.481 e. The predicted molar refractivity (Wildman–Crippen MR) is 66.3 cm³/mol. The fraction of sp³-hybridized carbons (Fsp3) is 0.357. The molecule has 0 bridgehead atoms. The van der Waals surface area contributed by atoms with Crippen molar-refractivity contribution < 1.29 is 9.90 Å². The van der Waals surface area contributed by atoms with Crippen molar-refractivity contribution in [1.82, 2.24) is 0 Å². The van der Waals surface area contributed by atoms with Gasteiger partial charge in [0, 0.05) is 0 Å². The first kappa shape index (κ1) is 12.5. The van der Waals surface area contributed by atoms with E-state index in [1.807, 2.05) is 24.3 Å². The maximum Gasteiger partial charge on any atom is 0.307 e. The van der Waals surface area contributed by atoms with Gasteiger partial charge in [-0.15, -0.1) is 0 Å². The molecule has 0 fully saturated rings. The molecular formula is C14H18O2. The maximum absolute atomic E-state index is 10.5. The lowest BCUT2D eigenvalue weighted by Gasteiger charge is -2.07. The van der Waals surface area contributed by atoms with E-state index in [0.717, 1.165) is 12.0 Å². The summed E-state index contributed by atoms with van der Waals surface area (Å²) in [5, 5.41) is 8.66. The molecule has 0 unspecified atom stereocenters. The Kier molecular flexibility index (Phi) is 4.29. The van der Waals surface area contributed by atoms with Crippen LogP contribution >= 0.6 is 0 Å². The van der Waals surface area contributed by atoms with Gasteiger partial charge in [0.1, 0.15) is 0 Å². The number of hydrogen-bond acceptors (Lipinski definition) is 1. The van der Waals surface area contributed by atoms with Crippen LogP contribution in [0.2, 0.25) is 0 Å². The van der Waals surface area contributed by atoms with Gasteiger partial charge in [-0.3, -0.25) is 4.79 Å². The van der Waals surface area contributed by atoms with Gasteiger partial charge in [-0.1, -0.05) is 44.7 Å². The summed E-state index contributed by atoms with van der Waals surface area (Å²) in [6.07, 6.45) is 1.05. The number of carboxylic acid groups (broad SMARTS) is 1. The van der Waals surface area contributed by atoms with Gasteiger partial charge in [-0.2, -0.15) is 0 Å². The highest BCUT2D eigenvalue weighted by Gasteiger charge is 2.04. The summed E-state index contributed by atoms with van der Waals surface area (Å²) in [4.78, 5) is 10.5. The van der Waals surface area contributed by atoms with Crippen molar-refractivity contribution in [2.75, 3.05) is 0 Å². The monoisotopic (exact) mass is 218 g/mol. The molecule has 0 aromatic heterocycles. The van der Waals surface area contributed by atoms with E-state index >= 15 is 0 Å². The minimum absolute atomic E-state index is 0.00350. The highest BCUT2D eigenvalue weighted by Crippen LogP contribution is 2.18. The van der Waals surface area contributed by atoms with Gasteiger partial charge in [-0.05, 0) is 29.0 Å². The lowest BCUT2D eigenvalue weighted by Crippen LogP contribution is -1.97. The molecule has 0 saturated heterocycles. The molecule has 0 aliphatic rings. The molecule has 0 radical (unpaired) electrons. The van der Waals surface area contributed by atoms with E-state index in [2.05, 4.69) is 20.4 Å². The van der Waals surface area contributed by atoms with E-state index < -0.39 is 5.97 Å². The van der Waals surface area contributed by atoms with Crippen LogP contribution in [0, 0.1) is 5.92 Å². The number of rotatable bonds is 5. The van der Waals surface area contributed by atoms with Gasteiger partial charge < -0.3 is 5.11 Å². The predicted octanol–water partition coefficient (Wildman–Crippen LogP) is 3.37. The van der Waals surface area contributed by atoms with Crippen LogP contribution in [0.4, 0.5) is 0 Å². The van der Waals surface area contributed by atoms with E-state index in [1.54, 1.807) is 0 Å². The Morgan fingerprint density at radius 2 is 1.88 bits per heavy atom. The largest absolute Gasteiger partial charge is 0.481 e. The number of carboxylic acids is 1. The quantitative estimate of drug-likeness (QED) is 0.822. The molecule has 0 aliphatic carbocycles. The Morgan fingerprint density at radius 1 is 1.31 bits per heavy atom. The molecule has 0 saturated carbocycles. The van der Waals surface area contributed by atoms with Crippen molar-refractivity contribution in [3.8, 4) is 0 Å². The van der Waals surface area contributed by atoms with Crippen LogP contribution in [0.5, 0.6) is 0 Å². The zero-order chi connectivity index (χ0) is 12.1. The molecular weight excluding hydrogens is 200 g/mol. The first-order chi connectivity index (χ1) is 7.49. The van der Waals surface area contributed by atoms with Gasteiger partial charge in [-0.25, -0.2) is 0 Å². The summed E-state index contributed by atoms with van der Waals surface area (Å²) in [5.41, 5.74) is 2.85. The molecule has 0 atom stereocenters. The smallest absolute Gasteiger partial charge is 0.307 e. The normalized spacial score (nSPS) is 10.4. The standard InChI is InChI=1S/C14H18O2/c1-10(2)8-12-4-6-13(7-5-12)11(3)9-14(15)16/h4-7,10H,3,8-9H2,1-2H3,(H,15,16). The van der Waals surface area contributed by atoms with E-state index in [1.165, 1.54) is 5.56 Å². The van der Waals surface area contributed by atoms with Gasteiger partial charge in [0.2, 0.25) is 0 Å². The molecule has 1 aromatic carbocycles. The molecule has 86 valence electrons. The van der Waals surface area contributed by atoms with Crippen LogP contribution in [0.25, 0.3) is 5.57 Å². The zero-order valence-electron chi connectivity index (χ0n) is 9.86. The Bertz CT molecular complexity index is 374. The Balaban J connectivity index is 2.71. The topological polar surface area (TPSA) is 37.3 Å². The third-order valence-corrected chi connectivity index (χ3v) is 2.37. The van der Waals surface area contributed by atoms with E-state index in [4.69, 9.17) is 5.11 Å². The number of carbonyl (C=O) groups is 1. The third kappa shape index (κ3) is 3.89. The molecule has 2 heteroatoms. The molecule has 0 amide bonds. The van der Waals surface area contributed by atoms with Gasteiger partial charge in [0.15, 0.2) is 0 Å². The van der Waals surface area contributed by atoms with Gasteiger partial charge >= 0.3 is 5.97 Å². The maximum atomic E-state index is 10.5. The van der Waals surface area contributed by atoms with Crippen molar-refractivity contribution in [3.05, 3.63) is 42.0 Å². The summed E-state index contributed by atoms with van der Waals surface area (Å²) in [6.45, 7) is 8.13. The minimum atomic E-state index is -0.837. The van der Waals surface area contributed by atoms with Gasteiger partial charge in [0.05, 0.1) is 6.42 Å². The Hall–Kier alpha value is -1.57. The Labute approximate surface area is 96.6 Å². The third-order valence-electron chi connectivity index (χ3n) is 2.37. The van der Waals surface area contributed by atoms with E-state index in [0.29, 0.717) is 11.5 Å². The van der Waals surface area contributed by atoms with E-state index in [9.17, 15) is 4.79 Å². The summed E-state index contributed by atoms with van der Waals surface area (Å²) in [5.74, 6) is -0.204. The van der Waals surface area contributed by atoms with Crippen molar-refractivity contribution in [2.24, 2.45) is 5.92 Å². The van der Waals surface area contributed by atoms with Crippen LogP contribution < -0.4 is 0 Å². The van der Waals surface area contributed by atoms with Crippen LogP contribution in [-0.2, 0) is 11.2 Å². The lowest BCUT2D eigenvalue weighted by atomic mass is 9.99. The van der Waals surface area contributed by atoms with E-state index in [-0.39, 0.29) is 6.42 Å². The van der Waals surface area contributed by atoms with Crippen molar-refractivity contribution in [3.63, 3.8) is 0 Å². The molecule has 16 heavy (non-hydrogen) atoms. The van der Waals surface area contributed by atoms with Crippen molar-refractivity contribution in [1.29, 1.82) is 0 Å².